The van der Waals surface area contributed by atoms with E-state index in [1.807, 2.05) is 29.3 Å². The Morgan fingerprint density at radius 1 is 1.31 bits per heavy atom. The lowest BCUT2D eigenvalue weighted by Gasteiger charge is -2.32. The van der Waals surface area contributed by atoms with Gasteiger partial charge < -0.3 is 9.42 Å². The van der Waals surface area contributed by atoms with Crippen LogP contribution < -0.4 is 0 Å². The van der Waals surface area contributed by atoms with Gasteiger partial charge in [-0.25, -0.2) is 9.50 Å². The largest absolute Gasteiger partial charge is 0.361 e. The molecule has 7 nitrogen and oxygen atoms in total. The van der Waals surface area contributed by atoms with Gasteiger partial charge in [-0.05, 0) is 39.2 Å². The fraction of sp³-hybridized carbons (Fsp3) is 0.474. The molecular formula is C19H23N5O2. The Hall–Kier alpha value is -2.70. The first-order chi connectivity index (χ1) is 12.6. The number of carbonyl (C=O) groups is 1. The number of hydrogen-bond donors (Lipinski definition) is 0. The molecule has 7 heteroatoms. The number of aromatic nitrogens is 4. The van der Waals surface area contributed by atoms with Crippen molar-refractivity contribution in [2.45, 2.75) is 46.0 Å². The number of nitrogens with zero attached hydrogens (tertiary/aromatic N) is 5. The summed E-state index contributed by atoms with van der Waals surface area (Å²) >= 11 is 0. The molecule has 0 atom stereocenters. The van der Waals surface area contributed by atoms with E-state index in [1.54, 1.807) is 13.1 Å². The predicted molar refractivity (Wildman–Crippen MR) is 96.2 cm³/mol. The van der Waals surface area contributed by atoms with Gasteiger partial charge >= 0.3 is 0 Å². The van der Waals surface area contributed by atoms with Gasteiger partial charge in [0.1, 0.15) is 11.3 Å². The van der Waals surface area contributed by atoms with E-state index in [2.05, 4.69) is 16.3 Å². The summed E-state index contributed by atoms with van der Waals surface area (Å²) in [6.07, 6.45) is 4.29. The molecule has 1 saturated heterocycles. The molecule has 1 aliphatic rings. The van der Waals surface area contributed by atoms with Crippen LogP contribution >= 0.6 is 0 Å². The van der Waals surface area contributed by atoms with Crippen molar-refractivity contribution in [1.82, 2.24) is 24.7 Å². The minimum Gasteiger partial charge on any atom is -0.361 e. The first kappa shape index (κ1) is 16.8. The Morgan fingerprint density at radius 2 is 2.08 bits per heavy atom. The Kier molecular flexibility index (Phi) is 4.22. The second kappa shape index (κ2) is 6.55. The summed E-state index contributed by atoms with van der Waals surface area (Å²) in [6.45, 7) is 7.29. The molecule has 0 aromatic carbocycles. The molecule has 4 rings (SSSR count). The summed E-state index contributed by atoms with van der Waals surface area (Å²) in [5, 5.41) is 8.28. The molecule has 4 heterocycles. The summed E-state index contributed by atoms with van der Waals surface area (Å²) in [5.41, 5.74) is 4.45. The molecule has 0 N–H and O–H groups in total. The minimum atomic E-state index is 0.0365. The summed E-state index contributed by atoms with van der Waals surface area (Å²) in [6, 6.07) is 4.04. The quantitative estimate of drug-likeness (QED) is 0.723. The first-order valence-electron chi connectivity index (χ1n) is 9.14. The topological polar surface area (TPSA) is 76.5 Å². The second-order valence-corrected chi connectivity index (χ2v) is 6.90. The maximum Gasteiger partial charge on any atom is 0.259 e. The average Bonchev–Trinajstić information content (AvgIpc) is 3.27. The molecule has 26 heavy (non-hydrogen) atoms. The van der Waals surface area contributed by atoms with Crippen LogP contribution in [0.25, 0.3) is 5.65 Å². The van der Waals surface area contributed by atoms with Crippen molar-refractivity contribution >= 4 is 11.6 Å². The summed E-state index contributed by atoms with van der Waals surface area (Å²) in [5.74, 6) is 1.01. The third-order valence-corrected chi connectivity index (χ3v) is 5.24. The zero-order chi connectivity index (χ0) is 18.3. The van der Waals surface area contributed by atoms with Crippen LogP contribution in [0.5, 0.6) is 0 Å². The highest BCUT2D eigenvalue weighted by Crippen LogP contribution is 2.29. The van der Waals surface area contributed by atoms with Crippen LogP contribution in [0.15, 0.2) is 22.9 Å². The van der Waals surface area contributed by atoms with Crippen LogP contribution in [0.3, 0.4) is 0 Å². The zero-order valence-electron chi connectivity index (χ0n) is 15.4. The number of fused-ring (bicyclic) bond motifs is 1. The van der Waals surface area contributed by atoms with Crippen LogP contribution in [0.2, 0.25) is 0 Å². The summed E-state index contributed by atoms with van der Waals surface area (Å²) in [4.78, 5) is 19.6. The van der Waals surface area contributed by atoms with Gasteiger partial charge in [0.25, 0.3) is 5.91 Å². The van der Waals surface area contributed by atoms with Gasteiger partial charge in [0.15, 0.2) is 5.65 Å². The van der Waals surface area contributed by atoms with E-state index in [9.17, 15) is 4.79 Å². The molecular weight excluding hydrogens is 330 g/mol. The molecule has 1 fully saturated rings. The third-order valence-electron chi connectivity index (χ3n) is 5.24. The summed E-state index contributed by atoms with van der Waals surface area (Å²) < 4.78 is 7.07. The molecule has 1 aliphatic heterocycles. The van der Waals surface area contributed by atoms with Crippen molar-refractivity contribution in [1.29, 1.82) is 0 Å². The standard InChI is InChI=1S/C19H23N5O2/c1-4-15-18(13(3)26-22-15)19(25)23-9-6-14(7-10-23)16-11-12(2)24-17(21-16)5-8-20-24/h5,8,11,14H,4,6-7,9-10H2,1-3H3. The highest BCUT2D eigenvalue weighted by molar-refractivity contribution is 5.96. The average molecular weight is 353 g/mol. The lowest BCUT2D eigenvalue weighted by Crippen LogP contribution is -2.38. The van der Waals surface area contributed by atoms with Crippen molar-refractivity contribution in [3.63, 3.8) is 0 Å². The van der Waals surface area contributed by atoms with Crippen molar-refractivity contribution in [3.8, 4) is 0 Å². The van der Waals surface area contributed by atoms with Crippen LogP contribution in [0.4, 0.5) is 0 Å². The van der Waals surface area contributed by atoms with Gasteiger partial charge in [0, 0.05) is 36.5 Å². The lowest BCUT2D eigenvalue weighted by molar-refractivity contribution is 0.0709. The SMILES string of the molecule is CCc1noc(C)c1C(=O)N1CCC(c2cc(C)n3nccc3n2)CC1. The summed E-state index contributed by atoms with van der Waals surface area (Å²) in [7, 11) is 0. The van der Waals surface area contributed by atoms with E-state index in [4.69, 9.17) is 9.51 Å². The molecule has 1 amide bonds. The molecule has 136 valence electrons. The van der Waals surface area contributed by atoms with Crippen molar-refractivity contribution in [2.75, 3.05) is 13.1 Å². The van der Waals surface area contributed by atoms with Gasteiger partial charge in [0.2, 0.25) is 0 Å². The van der Waals surface area contributed by atoms with Gasteiger partial charge in [0.05, 0.1) is 11.9 Å². The maximum absolute atomic E-state index is 12.9. The van der Waals surface area contributed by atoms with E-state index in [-0.39, 0.29) is 5.91 Å². The van der Waals surface area contributed by atoms with Crippen LogP contribution in [-0.4, -0.2) is 43.7 Å². The predicted octanol–water partition coefficient (Wildman–Crippen LogP) is 2.92. The maximum atomic E-state index is 12.9. The zero-order valence-corrected chi connectivity index (χ0v) is 15.4. The number of amides is 1. The minimum absolute atomic E-state index is 0.0365. The van der Waals surface area contributed by atoms with Gasteiger partial charge in [-0.3, -0.25) is 4.79 Å². The van der Waals surface area contributed by atoms with Gasteiger partial charge in [-0.1, -0.05) is 12.1 Å². The normalized spacial score (nSPS) is 15.7. The fourth-order valence-corrected chi connectivity index (χ4v) is 3.77. The fourth-order valence-electron chi connectivity index (χ4n) is 3.77. The van der Waals surface area contributed by atoms with E-state index in [1.165, 1.54) is 0 Å². The molecule has 3 aromatic heterocycles. The smallest absolute Gasteiger partial charge is 0.259 e. The van der Waals surface area contributed by atoms with E-state index in [0.717, 1.165) is 48.7 Å². The first-order valence-corrected chi connectivity index (χ1v) is 9.14. The number of piperidine rings is 1. The van der Waals surface area contributed by atoms with Crippen molar-refractivity contribution < 1.29 is 9.32 Å². The Balaban J connectivity index is 1.49. The van der Waals surface area contributed by atoms with E-state index < -0.39 is 0 Å². The molecule has 0 bridgehead atoms. The number of hydrogen-bond acceptors (Lipinski definition) is 5. The molecule has 0 saturated carbocycles. The van der Waals surface area contributed by atoms with Gasteiger partial charge in [-0.2, -0.15) is 5.10 Å². The van der Waals surface area contributed by atoms with Gasteiger partial charge in [-0.15, -0.1) is 0 Å². The van der Waals surface area contributed by atoms with Crippen LogP contribution in [0, 0.1) is 13.8 Å². The molecule has 0 aliphatic carbocycles. The van der Waals surface area contributed by atoms with E-state index in [0.29, 0.717) is 23.7 Å². The Bertz CT molecular complexity index is 950. The highest BCUT2D eigenvalue weighted by atomic mass is 16.5. The Morgan fingerprint density at radius 3 is 2.81 bits per heavy atom. The lowest BCUT2D eigenvalue weighted by atomic mass is 9.92. The van der Waals surface area contributed by atoms with Crippen molar-refractivity contribution in [2.24, 2.45) is 0 Å². The second-order valence-electron chi connectivity index (χ2n) is 6.90. The van der Waals surface area contributed by atoms with Crippen LogP contribution in [-0.2, 0) is 6.42 Å². The third kappa shape index (κ3) is 2.77. The number of carbonyl (C=O) groups excluding carboxylic acids is 1. The molecule has 0 radical (unpaired) electrons. The molecule has 0 unspecified atom stereocenters. The number of rotatable bonds is 3. The molecule has 3 aromatic rings. The number of aryl methyl sites for hydroxylation is 3. The van der Waals surface area contributed by atoms with Crippen LogP contribution in [0.1, 0.15) is 58.9 Å². The van der Waals surface area contributed by atoms with E-state index >= 15 is 0 Å². The molecule has 0 spiro atoms. The number of likely N-dealkylation sites (tertiary alicyclic amines) is 1. The van der Waals surface area contributed by atoms with Crippen molar-refractivity contribution in [3.05, 3.63) is 46.7 Å². The Labute approximate surface area is 152 Å². The highest BCUT2D eigenvalue weighted by Gasteiger charge is 2.29. The monoisotopic (exact) mass is 353 g/mol.